The van der Waals surface area contributed by atoms with Crippen LogP contribution in [0.1, 0.15) is 21.5 Å². The van der Waals surface area contributed by atoms with E-state index in [4.69, 9.17) is 10.8 Å². The number of sulfonamides is 1. The Kier molecular flexibility index (Phi) is 7.31. The van der Waals surface area contributed by atoms with Crippen molar-refractivity contribution in [2.24, 2.45) is 0 Å². The summed E-state index contributed by atoms with van der Waals surface area (Å²) in [6, 6.07) is 12.5. The van der Waals surface area contributed by atoms with Crippen LogP contribution >= 0.6 is 0 Å². The third-order valence-electron chi connectivity index (χ3n) is 4.70. The molecule has 0 aliphatic heterocycles. The van der Waals surface area contributed by atoms with E-state index in [1.165, 1.54) is 48.5 Å². The summed E-state index contributed by atoms with van der Waals surface area (Å²) in [5.41, 5.74) is 4.95. The van der Waals surface area contributed by atoms with Crippen molar-refractivity contribution < 1.29 is 36.3 Å². The fourth-order valence-corrected chi connectivity index (χ4v) is 3.97. The summed E-state index contributed by atoms with van der Waals surface area (Å²) in [5.74, 6) is -1.11. The monoisotopic (exact) mass is 508 g/mol. The number of halogens is 3. The topological polar surface area (TPSA) is 151 Å². The normalized spacial score (nSPS) is 11.6. The molecule has 0 radical (unpaired) electrons. The van der Waals surface area contributed by atoms with E-state index in [0.717, 1.165) is 12.1 Å². The van der Waals surface area contributed by atoms with E-state index in [-0.39, 0.29) is 34.1 Å². The van der Waals surface area contributed by atoms with Crippen molar-refractivity contribution in [3.8, 4) is 0 Å². The standard InChI is InChI=1S/C22H19F3N4O5S/c23-22(24,25)15-8-9-19(18(26)10-15)29-21(32)28-16-2-1-3-17(11-16)35(33,34)27-12-13-4-6-14(7-5-13)20(30)31/h1-11,27H,12,26H2,(H,30,31)(H2,28,29,32). The lowest BCUT2D eigenvalue weighted by Crippen LogP contribution is -2.24. The summed E-state index contributed by atoms with van der Waals surface area (Å²) in [7, 11) is -3.99. The molecule has 0 heterocycles. The molecular formula is C22H19F3N4O5S. The fourth-order valence-electron chi connectivity index (χ4n) is 2.91. The molecule has 0 fully saturated rings. The number of carboxylic acid groups (broad SMARTS) is 1. The number of nitrogens with one attached hydrogen (secondary N) is 3. The SMILES string of the molecule is Nc1cc(C(F)(F)F)ccc1NC(=O)Nc1cccc(S(=O)(=O)NCc2ccc(C(=O)O)cc2)c1. The van der Waals surface area contributed by atoms with Gasteiger partial charge in [0.05, 0.1) is 27.4 Å². The van der Waals surface area contributed by atoms with Crippen LogP contribution in [0.3, 0.4) is 0 Å². The highest BCUT2D eigenvalue weighted by Crippen LogP contribution is 2.32. The first-order chi connectivity index (χ1) is 16.3. The number of amides is 2. The second-order valence-electron chi connectivity index (χ2n) is 7.23. The maximum atomic E-state index is 12.7. The minimum atomic E-state index is -4.59. The van der Waals surface area contributed by atoms with Gasteiger partial charge in [0, 0.05) is 12.2 Å². The molecule has 184 valence electrons. The van der Waals surface area contributed by atoms with E-state index in [0.29, 0.717) is 11.6 Å². The molecule has 9 nitrogen and oxygen atoms in total. The van der Waals surface area contributed by atoms with Gasteiger partial charge in [-0.25, -0.2) is 22.7 Å². The van der Waals surface area contributed by atoms with E-state index in [2.05, 4.69) is 15.4 Å². The van der Waals surface area contributed by atoms with Gasteiger partial charge in [-0.1, -0.05) is 18.2 Å². The maximum Gasteiger partial charge on any atom is 0.416 e. The molecule has 0 saturated carbocycles. The van der Waals surface area contributed by atoms with Gasteiger partial charge in [-0.05, 0) is 54.1 Å². The van der Waals surface area contributed by atoms with Crippen LogP contribution < -0.4 is 21.1 Å². The van der Waals surface area contributed by atoms with Crippen molar-refractivity contribution in [2.45, 2.75) is 17.6 Å². The Balaban J connectivity index is 1.65. The summed E-state index contributed by atoms with van der Waals surface area (Å²) in [4.78, 5) is 23.0. The van der Waals surface area contributed by atoms with Crippen LogP contribution in [-0.2, 0) is 22.7 Å². The Bertz CT molecular complexity index is 1360. The molecule has 3 aromatic carbocycles. The Hall–Kier alpha value is -4.10. The molecule has 0 aliphatic rings. The number of hydrogen-bond acceptors (Lipinski definition) is 5. The van der Waals surface area contributed by atoms with Crippen molar-refractivity contribution >= 4 is 39.1 Å². The molecule has 0 saturated heterocycles. The summed E-state index contributed by atoms with van der Waals surface area (Å²) in [6.07, 6.45) is -4.59. The van der Waals surface area contributed by atoms with E-state index in [1.807, 2.05) is 0 Å². The number of carboxylic acids is 1. The quantitative estimate of drug-likeness (QED) is 0.303. The number of nitrogen functional groups attached to an aromatic ring is 1. The smallest absolute Gasteiger partial charge is 0.416 e. The Labute approximate surface area is 197 Å². The van der Waals surface area contributed by atoms with Crippen LogP contribution in [0.4, 0.5) is 35.0 Å². The molecule has 0 bridgehead atoms. The Morgan fingerprint density at radius 3 is 2.23 bits per heavy atom. The van der Waals surface area contributed by atoms with Crippen LogP contribution in [-0.4, -0.2) is 25.5 Å². The zero-order valence-electron chi connectivity index (χ0n) is 17.8. The second-order valence-corrected chi connectivity index (χ2v) is 9.00. The van der Waals surface area contributed by atoms with E-state index in [9.17, 15) is 31.2 Å². The Morgan fingerprint density at radius 2 is 1.63 bits per heavy atom. The maximum absolute atomic E-state index is 12.7. The number of hydrogen-bond donors (Lipinski definition) is 5. The van der Waals surface area contributed by atoms with Crippen molar-refractivity contribution in [3.05, 3.63) is 83.4 Å². The molecule has 0 aliphatic carbocycles. The lowest BCUT2D eigenvalue weighted by Gasteiger charge is -2.13. The average molecular weight is 508 g/mol. The number of urea groups is 1. The molecular weight excluding hydrogens is 489 g/mol. The van der Waals surface area contributed by atoms with Crippen LogP contribution in [0.15, 0.2) is 71.6 Å². The van der Waals surface area contributed by atoms with E-state index in [1.54, 1.807) is 0 Å². The number of anilines is 3. The minimum absolute atomic E-state index is 0.0603. The van der Waals surface area contributed by atoms with Crippen molar-refractivity contribution in [1.29, 1.82) is 0 Å². The van der Waals surface area contributed by atoms with Gasteiger partial charge in [-0.2, -0.15) is 13.2 Å². The lowest BCUT2D eigenvalue weighted by molar-refractivity contribution is -0.137. The first-order valence-corrected chi connectivity index (χ1v) is 11.3. The van der Waals surface area contributed by atoms with Gasteiger partial charge in [0.1, 0.15) is 0 Å². The van der Waals surface area contributed by atoms with Crippen LogP contribution in [0.5, 0.6) is 0 Å². The van der Waals surface area contributed by atoms with Gasteiger partial charge < -0.3 is 21.5 Å². The number of carbonyl (C=O) groups is 2. The molecule has 0 aromatic heterocycles. The molecule has 0 spiro atoms. The predicted molar refractivity (Wildman–Crippen MR) is 122 cm³/mol. The number of nitrogens with two attached hydrogens (primary N) is 1. The molecule has 35 heavy (non-hydrogen) atoms. The van der Waals surface area contributed by atoms with Crippen LogP contribution in [0.2, 0.25) is 0 Å². The van der Waals surface area contributed by atoms with Gasteiger partial charge in [0.25, 0.3) is 0 Å². The molecule has 3 aromatic rings. The average Bonchev–Trinajstić information content (AvgIpc) is 2.79. The molecule has 6 N–H and O–H groups in total. The zero-order chi connectivity index (χ0) is 25.8. The van der Waals surface area contributed by atoms with Crippen LogP contribution in [0.25, 0.3) is 0 Å². The molecule has 0 atom stereocenters. The highest BCUT2D eigenvalue weighted by atomic mass is 32.2. The van der Waals surface area contributed by atoms with Gasteiger partial charge in [0.2, 0.25) is 10.0 Å². The third-order valence-corrected chi connectivity index (χ3v) is 6.10. The van der Waals surface area contributed by atoms with E-state index < -0.39 is 33.8 Å². The Morgan fingerprint density at radius 1 is 0.943 bits per heavy atom. The molecule has 13 heteroatoms. The number of benzene rings is 3. The van der Waals surface area contributed by atoms with Crippen molar-refractivity contribution in [3.63, 3.8) is 0 Å². The highest BCUT2D eigenvalue weighted by molar-refractivity contribution is 7.89. The summed E-state index contributed by atoms with van der Waals surface area (Å²) >= 11 is 0. The summed E-state index contributed by atoms with van der Waals surface area (Å²) in [5, 5.41) is 13.6. The van der Waals surface area contributed by atoms with E-state index >= 15 is 0 Å². The molecule has 3 rings (SSSR count). The number of aromatic carboxylic acids is 1. The van der Waals surface area contributed by atoms with Crippen molar-refractivity contribution in [1.82, 2.24) is 4.72 Å². The second kappa shape index (κ2) is 10.0. The highest BCUT2D eigenvalue weighted by Gasteiger charge is 2.30. The van der Waals surface area contributed by atoms with Gasteiger partial charge in [-0.3, -0.25) is 0 Å². The zero-order valence-corrected chi connectivity index (χ0v) is 18.6. The van der Waals surface area contributed by atoms with Crippen molar-refractivity contribution in [2.75, 3.05) is 16.4 Å². The first kappa shape index (κ1) is 25.5. The molecule has 0 unspecified atom stereocenters. The van der Waals surface area contributed by atoms with Gasteiger partial charge in [-0.15, -0.1) is 0 Å². The summed E-state index contributed by atoms with van der Waals surface area (Å²) < 4.78 is 65.9. The fraction of sp³-hybridized carbons (Fsp3) is 0.0909. The van der Waals surface area contributed by atoms with Crippen LogP contribution in [0, 0.1) is 0 Å². The van der Waals surface area contributed by atoms with Gasteiger partial charge in [0.15, 0.2) is 0 Å². The predicted octanol–water partition coefficient (Wildman–Crippen LogP) is 4.11. The minimum Gasteiger partial charge on any atom is -0.478 e. The third kappa shape index (κ3) is 6.71. The van der Waals surface area contributed by atoms with Gasteiger partial charge >= 0.3 is 18.2 Å². The number of rotatable bonds is 7. The summed E-state index contributed by atoms with van der Waals surface area (Å²) in [6.45, 7) is -0.104. The largest absolute Gasteiger partial charge is 0.478 e. The number of carbonyl (C=O) groups excluding carboxylic acids is 1. The first-order valence-electron chi connectivity index (χ1n) is 9.82. The molecule has 2 amide bonds. The number of alkyl halides is 3. The lowest BCUT2D eigenvalue weighted by atomic mass is 10.1.